The quantitative estimate of drug-likeness (QED) is 0.837. The van der Waals surface area contributed by atoms with Gasteiger partial charge in [0.15, 0.2) is 0 Å². The summed E-state index contributed by atoms with van der Waals surface area (Å²) in [6.07, 6.45) is 3.88. The lowest BCUT2D eigenvalue weighted by molar-refractivity contribution is 0.350. The number of ether oxygens (including phenoxy) is 1. The standard InChI is InChI=1S/C18H29NO/c1-17(2,3)14-9-10-16(20-12-8-7-11-19)15(13-14)18(4,5)6/h7-10,13H,11-12,19H2,1-6H3. The van der Waals surface area contributed by atoms with E-state index in [1.165, 1.54) is 11.1 Å². The molecule has 2 heteroatoms. The maximum Gasteiger partial charge on any atom is 0.123 e. The Morgan fingerprint density at radius 1 is 1.00 bits per heavy atom. The molecule has 0 aliphatic heterocycles. The molecule has 2 N–H and O–H groups in total. The van der Waals surface area contributed by atoms with Gasteiger partial charge in [0.1, 0.15) is 12.4 Å². The molecule has 0 saturated heterocycles. The molecule has 0 aliphatic rings. The van der Waals surface area contributed by atoms with Crippen molar-refractivity contribution >= 4 is 0 Å². The van der Waals surface area contributed by atoms with Crippen LogP contribution in [0.4, 0.5) is 0 Å². The third-order valence-corrected chi connectivity index (χ3v) is 3.29. The van der Waals surface area contributed by atoms with Gasteiger partial charge >= 0.3 is 0 Å². The van der Waals surface area contributed by atoms with Crippen LogP contribution in [0.5, 0.6) is 5.75 Å². The van der Waals surface area contributed by atoms with Crippen LogP contribution in [0.15, 0.2) is 30.4 Å². The first-order valence-electron chi connectivity index (χ1n) is 7.29. The molecule has 0 bridgehead atoms. The van der Waals surface area contributed by atoms with Gasteiger partial charge in [-0.2, -0.15) is 0 Å². The fourth-order valence-electron chi connectivity index (χ4n) is 2.01. The van der Waals surface area contributed by atoms with Crippen LogP contribution in [0.2, 0.25) is 0 Å². The largest absolute Gasteiger partial charge is 0.489 e. The van der Waals surface area contributed by atoms with Crippen molar-refractivity contribution in [1.29, 1.82) is 0 Å². The second-order valence-corrected chi connectivity index (χ2v) is 7.23. The molecule has 1 aromatic rings. The Morgan fingerprint density at radius 3 is 2.15 bits per heavy atom. The fourth-order valence-corrected chi connectivity index (χ4v) is 2.01. The second kappa shape index (κ2) is 6.45. The number of benzene rings is 1. The lowest BCUT2D eigenvalue weighted by Crippen LogP contribution is -2.17. The maximum absolute atomic E-state index is 5.89. The van der Waals surface area contributed by atoms with Gasteiger partial charge in [-0.15, -0.1) is 0 Å². The lowest BCUT2D eigenvalue weighted by Gasteiger charge is -2.27. The molecule has 0 saturated carbocycles. The summed E-state index contributed by atoms with van der Waals surface area (Å²) in [7, 11) is 0. The normalized spacial score (nSPS) is 12.9. The molecular weight excluding hydrogens is 246 g/mol. The molecule has 0 amide bonds. The molecular formula is C18H29NO. The van der Waals surface area contributed by atoms with Crippen LogP contribution in [0.1, 0.15) is 52.7 Å². The van der Waals surface area contributed by atoms with Gasteiger partial charge in [0.2, 0.25) is 0 Å². The summed E-state index contributed by atoms with van der Waals surface area (Å²) in [5.74, 6) is 0.965. The fraction of sp³-hybridized carbons (Fsp3) is 0.556. The highest BCUT2D eigenvalue weighted by Gasteiger charge is 2.22. The Bertz CT molecular complexity index is 461. The Balaban J connectivity index is 3.08. The number of hydrogen-bond acceptors (Lipinski definition) is 2. The minimum atomic E-state index is 0.0637. The first-order valence-corrected chi connectivity index (χ1v) is 7.29. The van der Waals surface area contributed by atoms with Crippen LogP contribution in [0, 0.1) is 0 Å². The first kappa shape index (κ1) is 16.8. The molecule has 0 heterocycles. The van der Waals surface area contributed by atoms with E-state index in [1.807, 2.05) is 12.2 Å². The second-order valence-electron chi connectivity index (χ2n) is 7.23. The molecule has 0 atom stereocenters. The third kappa shape index (κ3) is 4.68. The van der Waals surface area contributed by atoms with Crippen LogP contribution >= 0.6 is 0 Å². The molecule has 1 aromatic carbocycles. The summed E-state index contributed by atoms with van der Waals surface area (Å²) in [4.78, 5) is 0. The summed E-state index contributed by atoms with van der Waals surface area (Å²) >= 11 is 0. The van der Waals surface area contributed by atoms with Gasteiger partial charge < -0.3 is 10.5 Å². The minimum Gasteiger partial charge on any atom is -0.489 e. The van der Waals surface area contributed by atoms with E-state index in [2.05, 4.69) is 59.7 Å². The van der Waals surface area contributed by atoms with Gasteiger partial charge in [0.25, 0.3) is 0 Å². The van der Waals surface area contributed by atoms with Crippen molar-refractivity contribution in [1.82, 2.24) is 0 Å². The molecule has 0 fully saturated rings. The van der Waals surface area contributed by atoms with Crippen molar-refractivity contribution < 1.29 is 4.74 Å². The predicted molar refractivity (Wildman–Crippen MR) is 87.5 cm³/mol. The molecule has 20 heavy (non-hydrogen) atoms. The maximum atomic E-state index is 5.89. The third-order valence-electron chi connectivity index (χ3n) is 3.29. The zero-order valence-corrected chi connectivity index (χ0v) is 13.8. The predicted octanol–water partition coefficient (Wildman–Crippen LogP) is 4.18. The Kier molecular flexibility index (Phi) is 5.41. The highest BCUT2D eigenvalue weighted by atomic mass is 16.5. The molecule has 0 radical (unpaired) electrons. The van der Waals surface area contributed by atoms with Gasteiger partial charge in [-0.1, -0.05) is 65.8 Å². The average Bonchev–Trinajstić information content (AvgIpc) is 2.32. The Hall–Kier alpha value is -1.28. The van der Waals surface area contributed by atoms with Crippen LogP contribution < -0.4 is 10.5 Å². The summed E-state index contributed by atoms with van der Waals surface area (Å²) < 4.78 is 5.89. The first-order chi connectivity index (χ1) is 9.16. The Morgan fingerprint density at radius 2 is 1.65 bits per heavy atom. The van der Waals surface area contributed by atoms with Crippen LogP contribution in [0.25, 0.3) is 0 Å². The van der Waals surface area contributed by atoms with Gasteiger partial charge in [-0.05, 0) is 28.0 Å². The molecule has 0 aliphatic carbocycles. The van der Waals surface area contributed by atoms with Crippen LogP contribution in [0.3, 0.4) is 0 Å². The van der Waals surface area contributed by atoms with E-state index in [9.17, 15) is 0 Å². The zero-order chi connectivity index (χ0) is 15.4. The van der Waals surface area contributed by atoms with Crippen LogP contribution in [-0.2, 0) is 10.8 Å². The van der Waals surface area contributed by atoms with E-state index in [0.29, 0.717) is 13.2 Å². The van der Waals surface area contributed by atoms with Crippen molar-refractivity contribution in [3.63, 3.8) is 0 Å². The van der Waals surface area contributed by atoms with Crippen molar-refractivity contribution in [3.05, 3.63) is 41.5 Å². The molecule has 2 nitrogen and oxygen atoms in total. The van der Waals surface area contributed by atoms with Crippen molar-refractivity contribution in [2.75, 3.05) is 13.2 Å². The number of rotatable bonds is 4. The highest BCUT2D eigenvalue weighted by molar-refractivity contribution is 5.43. The molecule has 1 rings (SSSR count). The minimum absolute atomic E-state index is 0.0637. The van der Waals surface area contributed by atoms with Crippen molar-refractivity contribution in [3.8, 4) is 5.75 Å². The van der Waals surface area contributed by atoms with E-state index in [4.69, 9.17) is 10.5 Å². The zero-order valence-electron chi connectivity index (χ0n) is 13.8. The summed E-state index contributed by atoms with van der Waals surface area (Å²) in [5.41, 5.74) is 8.24. The molecule has 0 unspecified atom stereocenters. The topological polar surface area (TPSA) is 35.2 Å². The van der Waals surface area contributed by atoms with Crippen molar-refractivity contribution in [2.24, 2.45) is 5.73 Å². The number of hydrogen-bond donors (Lipinski definition) is 1. The smallest absolute Gasteiger partial charge is 0.123 e. The summed E-state index contributed by atoms with van der Waals surface area (Å²) in [6, 6.07) is 6.54. The van der Waals surface area contributed by atoms with Gasteiger partial charge in [-0.3, -0.25) is 0 Å². The van der Waals surface area contributed by atoms with E-state index in [1.54, 1.807) is 0 Å². The number of nitrogens with two attached hydrogens (primary N) is 1. The van der Waals surface area contributed by atoms with Crippen LogP contribution in [-0.4, -0.2) is 13.2 Å². The van der Waals surface area contributed by atoms with Gasteiger partial charge in [-0.25, -0.2) is 0 Å². The van der Waals surface area contributed by atoms with E-state index >= 15 is 0 Å². The van der Waals surface area contributed by atoms with E-state index in [0.717, 1.165) is 5.75 Å². The molecule has 0 aromatic heterocycles. The molecule has 0 spiro atoms. The van der Waals surface area contributed by atoms with E-state index < -0.39 is 0 Å². The summed E-state index contributed by atoms with van der Waals surface area (Å²) in [5, 5.41) is 0. The summed E-state index contributed by atoms with van der Waals surface area (Å²) in [6.45, 7) is 14.5. The molecule has 112 valence electrons. The highest BCUT2D eigenvalue weighted by Crippen LogP contribution is 2.35. The Labute approximate surface area is 124 Å². The SMILES string of the molecule is CC(C)(C)c1ccc(OCC=CCN)c(C(C)(C)C)c1. The van der Waals surface area contributed by atoms with Gasteiger partial charge in [0.05, 0.1) is 0 Å². The van der Waals surface area contributed by atoms with Crippen molar-refractivity contribution in [2.45, 2.75) is 52.4 Å². The lowest BCUT2D eigenvalue weighted by atomic mass is 9.80. The monoisotopic (exact) mass is 275 g/mol. The average molecular weight is 275 g/mol. The van der Waals surface area contributed by atoms with E-state index in [-0.39, 0.29) is 10.8 Å². The van der Waals surface area contributed by atoms with Gasteiger partial charge in [0, 0.05) is 6.54 Å².